The number of ether oxygens (including phenoxy) is 1. The van der Waals surface area contributed by atoms with Gasteiger partial charge in [-0.2, -0.15) is 0 Å². The van der Waals surface area contributed by atoms with E-state index in [1.165, 1.54) is 28.5 Å². The van der Waals surface area contributed by atoms with E-state index in [1.54, 1.807) is 6.08 Å². The Labute approximate surface area is 222 Å². The molecule has 0 spiro atoms. The minimum atomic E-state index is -0.451. The highest BCUT2D eigenvalue weighted by atomic mass is 32.2. The summed E-state index contributed by atoms with van der Waals surface area (Å²) in [6.07, 6.45) is 4.50. The van der Waals surface area contributed by atoms with Crippen LogP contribution in [0.3, 0.4) is 0 Å². The highest BCUT2D eigenvalue weighted by Crippen LogP contribution is 2.52. The van der Waals surface area contributed by atoms with E-state index in [-0.39, 0.29) is 24.0 Å². The fraction of sp³-hybridized carbons (Fsp3) is 0.267. The van der Waals surface area contributed by atoms with Gasteiger partial charge in [0.1, 0.15) is 6.61 Å². The Kier molecular flexibility index (Phi) is 8.94. The summed E-state index contributed by atoms with van der Waals surface area (Å²) in [4.78, 5) is 14.8. The summed E-state index contributed by atoms with van der Waals surface area (Å²) < 4.78 is 4.98. The normalized spacial score (nSPS) is 17.5. The molecule has 0 aromatic heterocycles. The summed E-state index contributed by atoms with van der Waals surface area (Å²) >= 11 is 3.33. The number of rotatable bonds is 9. The molecule has 4 rings (SSSR count). The topological polar surface area (TPSA) is 53.4 Å². The molecule has 1 N–H and O–H groups in total. The van der Waals surface area contributed by atoms with Crippen LogP contribution in [0.15, 0.2) is 104 Å². The highest BCUT2D eigenvalue weighted by molar-refractivity contribution is 8.13. The summed E-state index contributed by atoms with van der Waals surface area (Å²) in [6.45, 7) is 4.42. The number of hydrogen-bond donors (Lipinski definition) is 1. The third-order valence-electron chi connectivity index (χ3n) is 6.49. The maximum atomic E-state index is 13.0. The molecule has 0 saturated carbocycles. The highest BCUT2D eigenvalue weighted by Gasteiger charge is 2.44. The quantitative estimate of drug-likeness (QED) is 0.141. The number of carbonyl (C=O) groups is 1. The number of benzene rings is 3. The lowest BCUT2D eigenvalue weighted by molar-refractivity contribution is 0.109. The van der Waals surface area contributed by atoms with Crippen LogP contribution in [0.2, 0.25) is 0 Å². The van der Waals surface area contributed by atoms with Gasteiger partial charge in [-0.3, -0.25) is 5.41 Å². The molecule has 1 heterocycles. The van der Waals surface area contributed by atoms with Crippen LogP contribution in [-0.4, -0.2) is 46.7 Å². The van der Waals surface area contributed by atoms with Gasteiger partial charge in [-0.15, -0.1) is 23.5 Å². The molecule has 6 heteroatoms. The van der Waals surface area contributed by atoms with Crippen LogP contribution < -0.4 is 0 Å². The Morgan fingerprint density at radius 3 is 1.94 bits per heavy atom. The van der Waals surface area contributed by atoms with E-state index < -0.39 is 4.75 Å². The molecule has 186 valence electrons. The van der Waals surface area contributed by atoms with Crippen molar-refractivity contribution in [2.24, 2.45) is 0 Å². The summed E-state index contributed by atoms with van der Waals surface area (Å²) in [5.74, 6) is 0. The third kappa shape index (κ3) is 5.71. The van der Waals surface area contributed by atoms with Gasteiger partial charge in [0.05, 0.1) is 9.79 Å². The molecule has 2 atom stereocenters. The zero-order chi connectivity index (χ0) is 25.4. The minimum Gasteiger partial charge on any atom is -0.445 e. The van der Waals surface area contributed by atoms with Crippen molar-refractivity contribution in [2.75, 3.05) is 19.4 Å². The second-order valence-corrected chi connectivity index (χ2v) is 11.2. The van der Waals surface area contributed by atoms with Crippen molar-refractivity contribution in [3.05, 3.63) is 120 Å². The first kappa shape index (κ1) is 26.1. The molecular weight excluding hydrogens is 484 g/mol. The lowest BCUT2D eigenvalue weighted by Gasteiger charge is -2.37. The Morgan fingerprint density at radius 1 is 1.00 bits per heavy atom. The molecule has 1 amide bonds. The monoisotopic (exact) mass is 516 g/mol. The number of nitrogens with one attached hydrogen (secondary N) is 1. The van der Waals surface area contributed by atoms with Crippen LogP contribution in [0.5, 0.6) is 0 Å². The maximum Gasteiger partial charge on any atom is 0.410 e. The van der Waals surface area contributed by atoms with Gasteiger partial charge in [-0.05, 0) is 29.4 Å². The van der Waals surface area contributed by atoms with Crippen molar-refractivity contribution in [3.8, 4) is 0 Å². The van der Waals surface area contributed by atoms with Crippen LogP contribution in [0.4, 0.5) is 4.79 Å². The summed E-state index contributed by atoms with van der Waals surface area (Å²) in [7, 11) is 0. The summed E-state index contributed by atoms with van der Waals surface area (Å²) in [5, 5.41) is 9.01. The molecule has 1 aliphatic rings. The second kappa shape index (κ2) is 12.3. The van der Waals surface area contributed by atoms with Crippen molar-refractivity contribution < 1.29 is 9.53 Å². The van der Waals surface area contributed by atoms with E-state index in [1.807, 2.05) is 41.1 Å². The molecule has 4 nitrogen and oxygen atoms in total. The number of nitrogens with zero attached hydrogens (tertiary/aromatic N) is 1. The van der Waals surface area contributed by atoms with E-state index in [4.69, 9.17) is 10.1 Å². The van der Waals surface area contributed by atoms with Crippen LogP contribution in [0.1, 0.15) is 29.5 Å². The zero-order valence-corrected chi connectivity index (χ0v) is 22.1. The first-order chi connectivity index (χ1) is 17.6. The van der Waals surface area contributed by atoms with Gasteiger partial charge >= 0.3 is 6.09 Å². The van der Waals surface area contributed by atoms with Crippen LogP contribution in [-0.2, 0) is 9.48 Å². The largest absolute Gasteiger partial charge is 0.445 e. The van der Waals surface area contributed by atoms with E-state index in [9.17, 15) is 4.79 Å². The number of amides is 1. The molecule has 0 radical (unpaired) electrons. The number of likely N-dealkylation sites (tertiary alicyclic amines) is 1. The lowest BCUT2D eigenvalue weighted by Crippen LogP contribution is -2.37. The number of hydrogen-bond acceptors (Lipinski definition) is 5. The molecule has 3 aromatic carbocycles. The molecule has 1 fully saturated rings. The van der Waals surface area contributed by atoms with E-state index in [0.29, 0.717) is 18.0 Å². The first-order valence-corrected chi connectivity index (χ1v) is 14.2. The van der Waals surface area contributed by atoms with Crippen molar-refractivity contribution in [1.29, 1.82) is 5.41 Å². The summed E-state index contributed by atoms with van der Waals surface area (Å²) in [6, 6.07) is 31.8. The molecule has 36 heavy (non-hydrogen) atoms. The van der Waals surface area contributed by atoms with Gasteiger partial charge < -0.3 is 9.64 Å². The fourth-order valence-corrected chi connectivity index (χ4v) is 7.09. The smallest absolute Gasteiger partial charge is 0.410 e. The van der Waals surface area contributed by atoms with Gasteiger partial charge in [-0.25, -0.2) is 4.79 Å². The summed E-state index contributed by atoms with van der Waals surface area (Å²) in [5.41, 5.74) is 3.61. The molecule has 1 aliphatic heterocycles. The first-order valence-electron chi connectivity index (χ1n) is 12.1. The van der Waals surface area contributed by atoms with Crippen LogP contribution in [0, 0.1) is 5.41 Å². The van der Waals surface area contributed by atoms with E-state index >= 15 is 0 Å². The van der Waals surface area contributed by atoms with Crippen LogP contribution >= 0.6 is 23.5 Å². The lowest BCUT2D eigenvalue weighted by atomic mass is 9.84. The molecule has 0 aliphatic carbocycles. The average Bonchev–Trinajstić information content (AvgIpc) is 3.33. The SMILES string of the molecule is C=CCOC(=O)N1C[C@@H](SC(c2ccccc2)(c2ccccc2)c2ccccc2)C[C@@H]1CC(=N)SC. The molecule has 0 unspecified atom stereocenters. The van der Waals surface area contributed by atoms with Gasteiger partial charge in [-0.1, -0.05) is 104 Å². The van der Waals surface area contributed by atoms with Crippen LogP contribution in [0.25, 0.3) is 0 Å². The Balaban J connectivity index is 1.76. The molecule has 0 bridgehead atoms. The predicted octanol–water partition coefficient (Wildman–Crippen LogP) is 7.21. The van der Waals surface area contributed by atoms with Crippen molar-refractivity contribution in [2.45, 2.75) is 28.9 Å². The van der Waals surface area contributed by atoms with Gasteiger partial charge in [0.25, 0.3) is 0 Å². The third-order valence-corrected chi connectivity index (χ3v) is 8.88. The van der Waals surface area contributed by atoms with Crippen molar-refractivity contribution in [1.82, 2.24) is 4.90 Å². The minimum absolute atomic E-state index is 0.0696. The number of thioether (sulfide) groups is 2. The average molecular weight is 517 g/mol. The molecule has 3 aromatic rings. The Morgan fingerprint density at radius 2 is 1.50 bits per heavy atom. The fourth-order valence-electron chi connectivity index (χ4n) is 4.86. The van der Waals surface area contributed by atoms with E-state index in [2.05, 4.69) is 79.4 Å². The number of carbonyl (C=O) groups excluding carboxylic acids is 1. The Bertz CT molecular complexity index is 1060. The predicted molar refractivity (Wildman–Crippen MR) is 153 cm³/mol. The van der Waals surface area contributed by atoms with Gasteiger partial charge in [0.15, 0.2) is 0 Å². The Hall–Kier alpha value is -2.96. The van der Waals surface area contributed by atoms with Gasteiger partial charge in [0, 0.05) is 24.3 Å². The van der Waals surface area contributed by atoms with Crippen molar-refractivity contribution in [3.63, 3.8) is 0 Å². The van der Waals surface area contributed by atoms with E-state index in [0.717, 1.165) is 6.42 Å². The maximum absolute atomic E-state index is 13.0. The van der Waals surface area contributed by atoms with Crippen molar-refractivity contribution >= 4 is 34.7 Å². The molecule has 1 saturated heterocycles. The molecular formula is C30H32N2O2S2. The standard InChI is InChI=1S/C30H32N2O2S2/c1-3-19-34-29(33)32-22-27(20-26(32)21-28(31)35-2)36-30(23-13-7-4-8-14-23,24-15-9-5-10-16-24)25-17-11-6-12-18-25/h3-18,26-27,31H,1,19-22H2,2H3/t26-,27+/m1/s1. The zero-order valence-electron chi connectivity index (χ0n) is 20.5. The second-order valence-electron chi connectivity index (χ2n) is 8.76. The van der Waals surface area contributed by atoms with Gasteiger partial charge in [0.2, 0.25) is 0 Å².